The van der Waals surface area contributed by atoms with Gasteiger partial charge in [-0.3, -0.25) is 4.79 Å². The first kappa shape index (κ1) is 9.27. The van der Waals surface area contributed by atoms with Gasteiger partial charge in [0.05, 0.1) is 5.56 Å². The molecule has 0 saturated carbocycles. The predicted octanol–water partition coefficient (Wildman–Crippen LogP) is 1.33. The minimum absolute atomic E-state index is 0.173. The number of carbonyl (C=O) groups is 1. The largest absolute Gasteiger partial charge is 0.310 e. The van der Waals surface area contributed by atoms with E-state index in [4.69, 9.17) is 6.42 Å². The first-order chi connectivity index (χ1) is 6.13. The van der Waals surface area contributed by atoms with Crippen molar-refractivity contribution in [3.8, 4) is 12.3 Å². The van der Waals surface area contributed by atoms with Gasteiger partial charge >= 0.3 is 0 Å². The number of rotatable bonds is 1. The summed E-state index contributed by atoms with van der Waals surface area (Å²) in [5.41, 5.74) is 1.58. The molecule has 0 atom stereocenters. The highest BCUT2D eigenvalue weighted by Gasteiger charge is 2.02. The number of aryl methyl sites for hydroxylation is 1. The van der Waals surface area contributed by atoms with Crippen LogP contribution in [0.4, 0.5) is 5.82 Å². The van der Waals surface area contributed by atoms with E-state index in [0.29, 0.717) is 11.4 Å². The molecule has 0 aromatic carbocycles. The van der Waals surface area contributed by atoms with Crippen LogP contribution in [0.15, 0.2) is 12.3 Å². The second-order valence-corrected chi connectivity index (χ2v) is 2.73. The molecule has 1 heterocycles. The van der Waals surface area contributed by atoms with Crippen LogP contribution in [0.25, 0.3) is 0 Å². The summed E-state index contributed by atoms with van der Waals surface area (Å²) in [7, 11) is 0. The second kappa shape index (κ2) is 3.72. The Balaban J connectivity index is 3.08. The third kappa shape index (κ3) is 2.31. The molecule has 1 amide bonds. The summed E-state index contributed by atoms with van der Waals surface area (Å²) in [6.07, 6.45) is 6.91. The van der Waals surface area contributed by atoms with Gasteiger partial charge in [-0.05, 0) is 18.6 Å². The zero-order valence-electron chi connectivity index (χ0n) is 7.59. The van der Waals surface area contributed by atoms with Gasteiger partial charge in [0.1, 0.15) is 5.82 Å². The van der Waals surface area contributed by atoms with Crippen molar-refractivity contribution in [3.63, 3.8) is 0 Å². The fourth-order valence-corrected chi connectivity index (χ4v) is 0.946. The molecule has 0 unspecified atom stereocenters. The number of nitrogens with one attached hydrogen (secondary N) is 1. The quantitative estimate of drug-likeness (QED) is 0.652. The fraction of sp³-hybridized carbons (Fsp3) is 0.200. The topological polar surface area (TPSA) is 42.0 Å². The number of nitrogens with zero attached hydrogens (tertiary/aromatic N) is 1. The van der Waals surface area contributed by atoms with Crippen molar-refractivity contribution in [2.45, 2.75) is 13.8 Å². The molecule has 0 aliphatic carbocycles. The second-order valence-electron chi connectivity index (χ2n) is 2.73. The number of hydrogen-bond donors (Lipinski definition) is 1. The van der Waals surface area contributed by atoms with Crippen LogP contribution in [0.5, 0.6) is 0 Å². The lowest BCUT2D eigenvalue weighted by Gasteiger charge is -2.04. The van der Waals surface area contributed by atoms with Crippen molar-refractivity contribution in [2.75, 3.05) is 5.32 Å². The van der Waals surface area contributed by atoms with Gasteiger partial charge in [-0.1, -0.05) is 5.92 Å². The highest BCUT2D eigenvalue weighted by atomic mass is 16.1. The van der Waals surface area contributed by atoms with Gasteiger partial charge < -0.3 is 5.32 Å². The lowest BCUT2D eigenvalue weighted by Crippen LogP contribution is -2.09. The van der Waals surface area contributed by atoms with Gasteiger partial charge in [0.2, 0.25) is 5.91 Å². The Kier molecular flexibility index (Phi) is 2.65. The van der Waals surface area contributed by atoms with Crippen LogP contribution in [0, 0.1) is 19.3 Å². The van der Waals surface area contributed by atoms with Crippen molar-refractivity contribution in [1.29, 1.82) is 0 Å². The molecule has 0 fully saturated rings. The standard InChI is InChI=1S/C10H10N2O/c1-4-9-5-7(2)6-11-10(9)12-8(3)13/h1,5-6H,2-3H3,(H,11,12,13). The highest BCUT2D eigenvalue weighted by molar-refractivity contribution is 5.89. The van der Waals surface area contributed by atoms with Crippen molar-refractivity contribution in [3.05, 3.63) is 23.4 Å². The Bertz CT molecular complexity index is 377. The molecule has 0 spiro atoms. The molecule has 1 aromatic rings. The minimum atomic E-state index is -0.173. The van der Waals surface area contributed by atoms with Crippen LogP contribution >= 0.6 is 0 Å². The summed E-state index contributed by atoms with van der Waals surface area (Å²) in [4.78, 5) is 14.8. The highest BCUT2D eigenvalue weighted by Crippen LogP contribution is 2.11. The Labute approximate surface area is 77.2 Å². The van der Waals surface area contributed by atoms with Gasteiger partial charge in [-0.25, -0.2) is 4.98 Å². The zero-order valence-corrected chi connectivity index (χ0v) is 7.59. The minimum Gasteiger partial charge on any atom is -0.310 e. The van der Waals surface area contributed by atoms with E-state index in [1.165, 1.54) is 6.92 Å². The SMILES string of the molecule is C#Cc1cc(C)cnc1NC(C)=O. The van der Waals surface area contributed by atoms with Gasteiger partial charge in [0.25, 0.3) is 0 Å². The lowest BCUT2D eigenvalue weighted by atomic mass is 10.2. The van der Waals surface area contributed by atoms with E-state index in [2.05, 4.69) is 16.2 Å². The molecule has 0 saturated heterocycles. The van der Waals surface area contributed by atoms with E-state index >= 15 is 0 Å². The van der Waals surface area contributed by atoms with Gasteiger partial charge in [0, 0.05) is 13.1 Å². The number of pyridine rings is 1. The average Bonchev–Trinajstić information content (AvgIpc) is 2.07. The van der Waals surface area contributed by atoms with E-state index in [0.717, 1.165) is 5.56 Å². The molecule has 0 aliphatic heterocycles. The molecule has 66 valence electrons. The van der Waals surface area contributed by atoms with Gasteiger partial charge in [-0.2, -0.15) is 0 Å². The number of amides is 1. The number of hydrogen-bond acceptors (Lipinski definition) is 2. The number of terminal acetylenes is 1. The number of carbonyl (C=O) groups excluding carboxylic acids is 1. The lowest BCUT2D eigenvalue weighted by molar-refractivity contribution is -0.114. The molecule has 13 heavy (non-hydrogen) atoms. The Morgan fingerprint density at radius 3 is 2.92 bits per heavy atom. The van der Waals surface area contributed by atoms with Crippen molar-refractivity contribution in [2.24, 2.45) is 0 Å². The van der Waals surface area contributed by atoms with Crippen molar-refractivity contribution < 1.29 is 4.79 Å². The molecule has 1 rings (SSSR count). The first-order valence-corrected chi connectivity index (χ1v) is 3.84. The molecule has 3 nitrogen and oxygen atoms in total. The predicted molar refractivity (Wildman–Crippen MR) is 51.2 cm³/mol. The molecular weight excluding hydrogens is 164 g/mol. The van der Waals surface area contributed by atoms with Crippen LogP contribution in [-0.2, 0) is 4.79 Å². The van der Waals surface area contributed by atoms with Crippen LogP contribution in [0.3, 0.4) is 0 Å². The van der Waals surface area contributed by atoms with E-state index in [9.17, 15) is 4.79 Å². The fourth-order valence-electron chi connectivity index (χ4n) is 0.946. The molecule has 0 aliphatic rings. The van der Waals surface area contributed by atoms with Crippen LogP contribution < -0.4 is 5.32 Å². The van der Waals surface area contributed by atoms with Crippen molar-refractivity contribution >= 4 is 11.7 Å². The first-order valence-electron chi connectivity index (χ1n) is 3.84. The summed E-state index contributed by atoms with van der Waals surface area (Å²) in [6.45, 7) is 3.31. The van der Waals surface area contributed by atoms with Crippen LogP contribution in [-0.4, -0.2) is 10.9 Å². The molecular formula is C10H10N2O. The van der Waals surface area contributed by atoms with E-state index in [1.54, 1.807) is 12.3 Å². The van der Waals surface area contributed by atoms with E-state index < -0.39 is 0 Å². The zero-order chi connectivity index (χ0) is 9.84. The maximum absolute atomic E-state index is 10.7. The van der Waals surface area contributed by atoms with Crippen LogP contribution in [0.2, 0.25) is 0 Å². The monoisotopic (exact) mass is 174 g/mol. The molecule has 1 aromatic heterocycles. The molecule has 3 heteroatoms. The Morgan fingerprint density at radius 1 is 1.69 bits per heavy atom. The summed E-state index contributed by atoms with van der Waals surface area (Å²) in [5.74, 6) is 2.74. The summed E-state index contributed by atoms with van der Waals surface area (Å²) in [5, 5.41) is 2.56. The Morgan fingerprint density at radius 2 is 2.38 bits per heavy atom. The third-order valence-electron chi connectivity index (χ3n) is 1.47. The third-order valence-corrected chi connectivity index (χ3v) is 1.47. The number of anilines is 1. The van der Waals surface area contributed by atoms with E-state index in [1.807, 2.05) is 6.92 Å². The maximum Gasteiger partial charge on any atom is 0.222 e. The summed E-state index contributed by atoms with van der Waals surface area (Å²) >= 11 is 0. The van der Waals surface area contributed by atoms with E-state index in [-0.39, 0.29) is 5.91 Å². The normalized spacial score (nSPS) is 9.00. The summed E-state index contributed by atoms with van der Waals surface area (Å²) in [6, 6.07) is 1.80. The molecule has 0 bridgehead atoms. The average molecular weight is 174 g/mol. The van der Waals surface area contributed by atoms with Crippen molar-refractivity contribution in [1.82, 2.24) is 4.98 Å². The number of aromatic nitrogens is 1. The maximum atomic E-state index is 10.7. The molecule has 0 radical (unpaired) electrons. The van der Waals surface area contributed by atoms with Gasteiger partial charge in [-0.15, -0.1) is 6.42 Å². The Hall–Kier alpha value is -1.82. The van der Waals surface area contributed by atoms with Gasteiger partial charge in [0.15, 0.2) is 0 Å². The van der Waals surface area contributed by atoms with Crippen LogP contribution in [0.1, 0.15) is 18.1 Å². The summed E-state index contributed by atoms with van der Waals surface area (Å²) < 4.78 is 0. The molecule has 1 N–H and O–H groups in total. The smallest absolute Gasteiger partial charge is 0.222 e.